The van der Waals surface area contributed by atoms with Gasteiger partial charge in [0.15, 0.2) is 0 Å². The van der Waals surface area contributed by atoms with Gasteiger partial charge in [-0.15, -0.1) is 10.2 Å². The van der Waals surface area contributed by atoms with Crippen molar-refractivity contribution in [2.24, 2.45) is 0 Å². The number of rotatable bonds is 4. The Kier molecular flexibility index (Phi) is 13.9. The third kappa shape index (κ3) is 6.63. The molecule has 3 nitrogen and oxygen atoms in total. The summed E-state index contributed by atoms with van der Waals surface area (Å²) in [6.45, 7) is 9.61. The third-order valence-electron chi connectivity index (χ3n) is 2.34. The van der Waals surface area contributed by atoms with Crippen molar-refractivity contribution >= 4 is 5.57 Å². The summed E-state index contributed by atoms with van der Waals surface area (Å²) >= 11 is 0. The standard InChI is InChI=1S/C15H14N2O.C2H6.CH3.Y/c1-3-8-12(9-4-2)14-16-17-15(18-14)13-10-6-5-7-11-13;1-2;;/h3-11H,1H2,2H3;1-2H3;1H3;/q;;-1;/b9-4-,12-8+;;;. The molecular formula is C18H23N2OY-. The van der Waals surface area contributed by atoms with Crippen LogP contribution in [0.4, 0.5) is 0 Å². The van der Waals surface area contributed by atoms with E-state index in [0.29, 0.717) is 11.8 Å². The molecule has 0 saturated heterocycles. The predicted molar refractivity (Wildman–Crippen MR) is 90.5 cm³/mol. The quantitative estimate of drug-likeness (QED) is 0.536. The van der Waals surface area contributed by atoms with E-state index in [2.05, 4.69) is 16.8 Å². The first-order valence-electron chi connectivity index (χ1n) is 6.70. The summed E-state index contributed by atoms with van der Waals surface area (Å²) in [7, 11) is 0. The van der Waals surface area contributed by atoms with Gasteiger partial charge < -0.3 is 11.8 Å². The normalized spacial score (nSPS) is 10.0. The molecule has 1 radical (unpaired) electrons. The van der Waals surface area contributed by atoms with Crippen molar-refractivity contribution in [1.82, 2.24) is 10.2 Å². The minimum Gasteiger partial charge on any atom is -0.416 e. The Bertz CT molecular complexity index is 586. The first kappa shape index (κ1) is 23.0. The fourth-order valence-electron chi connectivity index (χ4n) is 1.54. The number of hydrogen-bond donors (Lipinski definition) is 0. The minimum absolute atomic E-state index is 0. The van der Waals surface area contributed by atoms with E-state index in [0.717, 1.165) is 11.1 Å². The van der Waals surface area contributed by atoms with E-state index in [1.807, 2.05) is 69.3 Å². The zero-order valence-corrected chi connectivity index (χ0v) is 16.6. The second-order valence-electron chi connectivity index (χ2n) is 3.64. The van der Waals surface area contributed by atoms with E-state index in [1.54, 1.807) is 6.08 Å². The van der Waals surface area contributed by atoms with Crippen molar-refractivity contribution in [2.45, 2.75) is 20.8 Å². The maximum absolute atomic E-state index is 5.65. The summed E-state index contributed by atoms with van der Waals surface area (Å²) in [5.74, 6) is 1.01. The molecule has 0 bridgehead atoms. The molecule has 0 aliphatic carbocycles. The topological polar surface area (TPSA) is 38.9 Å². The van der Waals surface area contributed by atoms with Crippen molar-refractivity contribution in [2.75, 3.05) is 0 Å². The molecule has 22 heavy (non-hydrogen) atoms. The van der Waals surface area contributed by atoms with Gasteiger partial charge >= 0.3 is 0 Å². The molecule has 0 spiro atoms. The van der Waals surface area contributed by atoms with Gasteiger partial charge in [0.05, 0.1) is 0 Å². The van der Waals surface area contributed by atoms with Crippen molar-refractivity contribution in [3.05, 3.63) is 74.5 Å². The Morgan fingerprint density at radius 3 is 2.32 bits per heavy atom. The predicted octanol–water partition coefficient (Wildman–Crippen LogP) is 5.36. The number of hydrogen-bond acceptors (Lipinski definition) is 3. The summed E-state index contributed by atoms with van der Waals surface area (Å²) in [5.41, 5.74) is 1.76. The summed E-state index contributed by atoms with van der Waals surface area (Å²) in [6, 6.07) is 9.69. The third-order valence-corrected chi connectivity index (χ3v) is 2.34. The van der Waals surface area contributed by atoms with Crippen LogP contribution < -0.4 is 0 Å². The summed E-state index contributed by atoms with van der Waals surface area (Å²) in [6.07, 6.45) is 7.36. The molecule has 0 amide bonds. The van der Waals surface area contributed by atoms with Gasteiger partial charge in [-0.2, -0.15) is 0 Å². The maximum Gasteiger partial charge on any atom is 0.248 e. The molecule has 0 saturated carbocycles. The van der Waals surface area contributed by atoms with Crippen molar-refractivity contribution in [3.8, 4) is 11.5 Å². The molecule has 0 N–H and O–H groups in total. The van der Waals surface area contributed by atoms with Crippen molar-refractivity contribution < 1.29 is 37.1 Å². The van der Waals surface area contributed by atoms with Gasteiger partial charge in [0.1, 0.15) is 0 Å². The van der Waals surface area contributed by atoms with Gasteiger partial charge in [-0.25, -0.2) is 0 Å². The van der Waals surface area contributed by atoms with Gasteiger partial charge in [0, 0.05) is 43.8 Å². The largest absolute Gasteiger partial charge is 0.416 e. The van der Waals surface area contributed by atoms with Gasteiger partial charge in [-0.3, -0.25) is 0 Å². The fourth-order valence-corrected chi connectivity index (χ4v) is 1.54. The molecule has 1 heterocycles. The Morgan fingerprint density at radius 2 is 1.77 bits per heavy atom. The average Bonchev–Trinajstić information content (AvgIpc) is 3.00. The molecule has 0 atom stereocenters. The Labute approximate surface area is 159 Å². The van der Waals surface area contributed by atoms with Crippen molar-refractivity contribution in [3.63, 3.8) is 0 Å². The molecule has 0 aliphatic rings. The molecule has 1 aromatic heterocycles. The SMILES string of the molecule is C=C/C=C(\C=C/C)c1nnc(-c2ccccc2)o1.CC.[CH3-].[Y]. The van der Waals surface area contributed by atoms with Crippen LogP contribution in [0.1, 0.15) is 26.7 Å². The van der Waals surface area contributed by atoms with Gasteiger partial charge in [0.2, 0.25) is 11.8 Å². The molecule has 2 aromatic rings. The monoisotopic (exact) mass is 372 g/mol. The van der Waals surface area contributed by atoms with Crippen molar-refractivity contribution in [1.29, 1.82) is 0 Å². The second-order valence-corrected chi connectivity index (χ2v) is 3.64. The number of nitrogens with zero attached hydrogens (tertiary/aromatic N) is 2. The molecule has 2 rings (SSSR count). The average molecular weight is 372 g/mol. The Morgan fingerprint density at radius 1 is 1.14 bits per heavy atom. The van der Waals surface area contributed by atoms with Gasteiger partial charge in [-0.05, 0) is 19.1 Å². The van der Waals surface area contributed by atoms with Crippen LogP contribution in [0.25, 0.3) is 17.0 Å². The van der Waals surface area contributed by atoms with E-state index < -0.39 is 0 Å². The minimum atomic E-state index is 0. The van der Waals surface area contributed by atoms with Crippen LogP contribution in [-0.4, -0.2) is 10.2 Å². The Balaban J connectivity index is 0. The molecule has 0 unspecified atom stereocenters. The van der Waals surface area contributed by atoms with Crippen LogP contribution in [-0.2, 0) is 32.7 Å². The van der Waals surface area contributed by atoms with Crippen LogP contribution in [0.2, 0.25) is 0 Å². The van der Waals surface area contributed by atoms with Gasteiger partial charge in [-0.1, -0.05) is 62.9 Å². The van der Waals surface area contributed by atoms with E-state index in [1.165, 1.54) is 0 Å². The van der Waals surface area contributed by atoms with Gasteiger partial charge in [0.25, 0.3) is 0 Å². The maximum atomic E-state index is 5.65. The fraction of sp³-hybridized carbons (Fsp3) is 0.167. The molecule has 0 aliphatic heterocycles. The summed E-state index contributed by atoms with van der Waals surface area (Å²) in [4.78, 5) is 0. The first-order chi connectivity index (χ1) is 9.85. The zero-order valence-electron chi connectivity index (χ0n) is 13.8. The molecule has 0 fully saturated rings. The van der Waals surface area contributed by atoms with E-state index >= 15 is 0 Å². The summed E-state index contributed by atoms with van der Waals surface area (Å²) < 4.78 is 5.65. The smallest absolute Gasteiger partial charge is 0.248 e. The molecular weight excluding hydrogens is 349 g/mol. The van der Waals surface area contributed by atoms with Crippen LogP contribution in [0.5, 0.6) is 0 Å². The second kappa shape index (κ2) is 13.4. The number of allylic oxidation sites excluding steroid dienone is 5. The molecule has 1 aromatic carbocycles. The van der Waals surface area contributed by atoms with Crippen LogP contribution in [0.3, 0.4) is 0 Å². The van der Waals surface area contributed by atoms with Crippen LogP contribution >= 0.6 is 0 Å². The molecule has 4 heteroatoms. The van der Waals surface area contributed by atoms with E-state index in [4.69, 9.17) is 4.42 Å². The van der Waals surface area contributed by atoms with E-state index in [9.17, 15) is 0 Å². The molecule has 115 valence electrons. The van der Waals surface area contributed by atoms with E-state index in [-0.39, 0.29) is 40.1 Å². The zero-order chi connectivity index (χ0) is 14.8. The van der Waals surface area contributed by atoms with Crippen LogP contribution in [0, 0.1) is 7.43 Å². The Hall–Kier alpha value is -1.32. The number of benzene rings is 1. The summed E-state index contributed by atoms with van der Waals surface area (Å²) in [5, 5.41) is 8.09. The number of aromatic nitrogens is 2. The first-order valence-corrected chi connectivity index (χ1v) is 6.70. The van der Waals surface area contributed by atoms with Crippen LogP contribution in [0.15, 0.2) is 65.6 Å².